The zero-order valence-corrected chi connectivity index (χ0v) is 21.5. The Bertz CT molecular complexity index is 1740. The number of anilines is 1. The van der Waals surface area contributed by atoms with E-state index < -0.39 is 28.7 Å². The van der Waals surface area contributed by atoms with Gasteiger partial charge < -0.3 is 19.8 Å². The highest BCUT2D eigenvalue weighted by Gasteiger charge is 2.31. The SMILES string of the molecule is CNC(=O)c1c(-c2ccc(F)cc2)oc2cc(CS(=O)(=O)Nc3ccc(B(O)O)c(C#N)c3)c(C3CC3)cc12. The minimum atomic E-state index is -3.97. The minimum absolute atomic E-state index is 0.0383. The van der Waals surface area contributed by atoms with Crippen molar-refractivity contribution in [1.82, 2.24) is 5.32 Å². The lowest BCUT2D eigenvalue weighted by atomic mass is 9.77. The molecular weight excluding hydrogens is 524 g/mol. The number of sulfonamides is 1. The van der Waals surface area contributed by atoms with Crippen molar-refractivity contribution in [2.24, 2.45) is 0 Å². The first-order valence-electron chi connectivity index (χ1n) is 12.1. The van der Waals surface area contributed by atoms with Crippen molar-refractivity contribution < 1.29 is 32.1 Å². The molecule has 1 saturated carbocycles. The van der Waals surface area contributed by atoms with Crippen molar-refractivity contribution in [3.63, 3.8) is 0 Å². The summed E-state index contributed by atoms with van der Waals surface area (Å²) in [5.74, 6) is -0.836. The molecule has 0 spiro atoms. The summed E-state index contributed by atoms with van der Waals surface area (Å²) in [4.78, 5) is 12.9. The van der Waals surface area contributed by atoms with Gasteiger partial charge in [0.15, 0.2) is 0 Å². The van der Waals surface area contributed by atoms with Gasteiger partial charge in [-0.05, 0) is 83.9 Å². The fourth-order valence-electron chi connectivity index (χ4n) is 4.62. The van der Waals surface area contributed by atoms with Crippen molar-refractivity contribution in [1.29, 1.82) is 5.26 Å². The molecule has 12 heteroatoms. The zero-order chi connectivity index (χ0) is 27.9. The van der Waals surface area contributed by atoms with Gasteiger partial charge in [0, 0.05) is 23.7 Å². The Morgan fingerprint density at radius 3 is 2.49 bits per heavy atom. The lowest BCUT2D eigenvalue weighted by molar-refractivity contribution is 0.0964. The van der Waals surface area contributed by atoms with Crippen LogP contribution in [0.3, 0.4) is 0 Å². The number of halogens is 1. The van der Waals surface area contributed by atoms with Gasteiger partial charge in [0.05, 0.1) is 22.9 Å². The Morgan fingerprint density at radius 2 is 1.87 bits per heavy atom. The third-order valence-electron chi connectivity index (χ3n) is 6.60. The number of fused-ring (bicyclic) bond motifs is 1. The fourth-order valence-corrected chi connectivity index (χ4v) is 5.84. The second kappa shape index (κ2) is 10.2. The minimum Gasteiger partial charge on any atom is -0.455 e. The smallest absolute Gasteiger partial charge is 0.455 e. The maximum atomic E-state index is 13.5. The molecule has 1 amide bonds. The molecule has 1 fully saturated rings. The van der Waals surface area contributed by atoms with E-state index in [0.717, 1.165) is 18.4 Å². The van der Waals surface area contributed by atoms with Crippen LogP contribution >= 0.6 is 0 Å². The average Bonchev–Trinajstić information content (AvgIpc) is 3.68. The van der Waals surface area contributed by atoms with Crippen LogP contribution in [0.1, 0.15) is 45.8 Å². The average molecular weight is 547 g/mol. The van der Waals surface area contributed by atoms with E-state index in [1.165, 1.54) is 49.5 Å². The number of furan rings is 1. The Morgan fingerprint density at radius 1 is 1.15 bits per heavy atom. The first kappa shape index (κ1) is 26.4. The second-order valence-electron chi connectivity index (χ2n) is 9.36. The molecule has 198 valence electrons. The molecule has 9 nitrogen and oxygen atoms in total. The Hall–Kier alpha value is -4.18. The number of carbonyl (C=O) groups excluding carboxylic acids is 1. The Balaban J connectivity index is 1.55. The molecule has 0 atom stereocenters. The molecule has 4 aromatic rings. The summed E-state index contributed by atoms with van der Waals surface area (Å²) in [7, 11) is -4.34. The molecule has 4 N–H and O–H groups in total. The lowest BCUT2D eigenvalue weighted by Crippen LogP contribution is -2.32. The van der Waals surface area contributed by atoms with E-state index in [1.807, 2.05) is 6.07 Å². The first-order chi connectivity index (χ1) is 18.6. The van der Waals surface area contributed by atoms with Crippen LogP contribution in [0, 0.1) is 17.1 Å². The van der Waals surface area contributed by atoms with Crippen LogP contribution in [0.2, 0.25) is 0 Å². The van der Waals surface area contributed by atoms with Crippen LogP contribution in [-0.4, -0.2) is 38.5 Å². The van der Waals surface area contributed by atoms with Gasteiger partial charge >= 0.3 is 7.12 Å². The second-order valence-corrected chi connectivity index (χ2v) is 11.1. The number of nitriles is 1. The van der Waals surface area contributed by atoms with Gasteiger partial charge in [0.25, 0.3) is 5.91 Å². The number of hydrogen-bond donors (Lipinski definition) is 4. The van der Waals surface area contributed by atoms with Gasteiger partial charge in [-0.15, -0.1) is 0 Å². The fraction of sp³-hybridized carbons (Fsp3) is 0.185. The first-order valence-corrected chi connectivity index (χ1v) is 13.7. The zero-order valence-electron chi connectivity index (χ0n) is 20.7. The number of benzene rings is 3. The topological polar surface area (TPSA) is 153 Å². The van der Waals surface area contributed by atoms with Crippen molar-refractivity contribution >= 4 is 45.2 Å². The van der Waals surface area contributed by atoms with Gasteiger partial charge in [-0.1, -0.05) is 6.07 Å². The largest absolute Gasteiger partial charge is 0.489 e. The standard InChI is InChI=1S/C27H23BFN3O6S/c1-31-27(33)25-22-12-21(15-2-3-15)18(11-24(22)38-26(25)16-4-6-19(29)7-5-16)14-39(36,37)32-20-8-9-23(28(34)35)17(10-20)13-30/h4-12,15,32,34-35H,2-3,14H2,1H3,(H,31,33). The van der Waals surface area contributed by atoms with Crippen LogP contribution < -0.4 is 15.5 Å². The molecule has 0 bridgehead atoms. The van der Waals surface area contributed by atoms with E-state index in [2.05, 4.69) is 10.0 Å². The van der Waals surface area contributed by atoms with Crippen molar-refractivity contribution in [2.75, 3.05) is 11.8 Å². The van der Waals surface area contributed by atoms with E-state index in [9.17, 15) is 32.9 Å². The van der Waals surface area contributed by atoms with E-state index in [4.69, 9.17) is 4.42 Å². The van der Waals surface area contributed by atoms with Crippen LogP contribution in [0.25, 0.3) is 22.3 Å². The molecule has 0 aliphatic heterocycles. The van der Waals surface area contributed by atoms with Gasteiger partial charge in [-0.3, -0.25) is 9.52 Å². The summed E-state index contributed by atoms with van der Waals surface area (Å²) in [6.07, 6.45) is 1.75. The summed E-state index contributed by atoms with van der Waals surface area (Å²) >= 11 is 0. The number of nitrogens with zero attached hydrogens (tertiary/aromatic N) is 1. The van der Waals surface area contributed by atoms with E-state index in [-0.39, 0.29) is 39.9 Å². The summed E-state index contributed by atoms with van der Waals surface area (Å²) in [5.41, 5.74) is 2.38. The van der Waals surface area contributed by atoms with Crippen molar-refractivity contribution in [3.05, 3.63) is 82.7 Å². The van der Waals surface area contributed by atoms with Crippen LogP contribution in [0.4, 0.5) is 10.1 Å². The molecule has 5 rings (SSSR count). The van der Waals surface area contributed by atoms with Crippen LogP contribution in [0.15, 0.2) is 59.0 Å². The van der Waals surface area contributed by atoms with Gasteiger partial charge in [-0.2, -0.15) is 5.26 Å². The molecular formula is C27H23BFN3O6S. The van der Waals surface area contributed by atoms with Crippen LogP contribution in [0.5, 0.6) is 0 Å². The third kappa shape index (κ3) is 5.38. The van der Waals surface area contributed by atoms with E-state index in [1.54, 1.807) is 12.1 Å². The molecule has 0 radical (unpaired) electrons. The summed E-state index contributed by atoms with van der Waals surface area (Å²) < 4.78 is 48.4. The molecule has 1 aliphatic rings. The maximum Gasteiger partial charge on any atom is 0.489 e. The van der Waals surface area contributed by atoms with Crippen molar-refractivity contribution in [3.8, 4) is 17.4 Å². The normalized spacial score (nSPS) is 13.2. The highest BCUT2D eigenvalue weighted by atomic mass is 32.2. The summed E-state index contributed by atoms with van der Waals surface area (Å²) in [6.45, 7) is 0. The number of hydrogen-bond acceptors (Lipinski definition) is 7. The van der Waals surface area contributed by atoms with Gasteiger partial charge in [0.1, 0.15) is 17.2 Å². The molecule has 0 saturated heterocycles. The predicted molar refractivity (Wildman–Crippen MR) is 144 cm³/mol. The highest BCUT2D eigenvalue weighted by Crippen LogP contribution is 2.45. The number of amides is 1. The van der Waals surface area contributed by atoms with E-state index >= 15 is 0 Å². The Kier molecular flexibility index (Phi) is 6.90. The van der Waals surface area contributed by atoms with Crippen molar-refractivity contribution in [2.45, 2.75) is 24.5 Å². The van der Waals surface area contributed by atoms with Gasteiger partial charge in [0.2, 0.25) is 10.0 Å². The molecule has 1 aliphatic carbocycles. The van der Waals surface area contributed by atoms with Gasteiger partial charge in [-0.25, -0.2) is 12.8 Å². The molecule has 3 aromatic carbocycles. The van der Waals surface area contributed by atoms with E-state index in [0.29, 0.717) is 22.1 Å². The molecule has 39 heavy (non-hydrogen) atoms. The predicted octanol–water partition coefficient (Wildman–Crippen LogP) is 2.97. The maximum absolute atomic E-state index is 13.5. The monoisotopic (exact) mass is 547 g/mol. The molecule has 0 unspecified atom stereocenters. The number of rotatable bonds is 8. The lowest BCUT2D eigenvalue weighted by Gasteiger charge is -2.13. The number of nitrogens with one attached hydrogen (secondary N) is 2. The molecule has 1 aromatic heterocycles. The summed E-state index contributed by atoms with van der Waals surface area (Å²) in [5, 5.41) is 31.2. The number of carbonyl (C=O) groups is 1. The summed E-state index contributed by atoms with van der Waals surface area (Å²) in [6, 6.07) is 14.6. The quantitative estimate of drug-likeness (QED) is 0.248. The van der Waals surface area contributed by atoms with Crippen LogP contribution in [-0.2, 0) is 15.8 Å². The molecule has 1 heterocycles. The highest BCUT2D eigenvalue weighted by molar-refractivity contribution is 7.91. The Labute approximate surface area is 224 Å². The third-order valence-corrected chi connectivity index (χ3v) is 7.84.